The van der Waals surface area contributed by atoms with Crippen molar-refractivity contribution in [1.82, 2.24) is 4.90 Å². The van der Waals surface area contributed by atoms with Gasteiger partial charge < -0.3 is 5.11 Å². The van der Waals surface area contributed by atoms with Crippen molar-refractivity contribution < 1.29 is 5.11 Å². The lowest BCUT2D eigenvalue weighted by atomic mass is 9.84. The van der Waals surface area contributed by atoms with E-state index in [2.05, 4.69) is 18.9 Å². The first kappa shape index (κ1) is 4.77. The van der Waals surface area contributed by atoms with Crippen molar-refractivity contribution in [2.45, 2.75) is 25.1 Å². The van der Waals surface area contributed by atoms with Gasteiger partial charge in [-0.25, -0.2) is 0 Å². The summed E-state index contributed by atoms with van der Waals surface area (Å²) in [5, 5.41) is 9.16. The van der Waals surface area contributed by atoms with E-state index in [1.165, 1.54) is 0 Å². The van der Waals surface area contributed by atoms with Gasteiger partial charge in [-0.2, -0.15) is 0 Å². The van der Waals surface area contributed by atoms with Crippen molar-refractivity contribution in [3.8, 4) is 0 Å². The van der Waals surface area contributed by atoms with Gasteiger partial charge in [0.1, 0.15) is 0 Å². The van der Waals surface area contributed by atoms with Crippen molar-refractivity contribution in [2.24, 2.45) is 5.92 Å². The van der Waals surface area contributed by atoms with Gasteiger partial charge in [0.15, 0.2) is 0 Å². The van der Waals surface area contributed by atoms with Gasteiger partial charge in [0.05, 0.1) is 12.1 Å². The zero-order valence-electron chi connectivity index (χ0n) is 5.20. The highest BCUT2D eigenvalue weighted by atomic mass is 16.3. The Kier molecular flexibility index (Phi) is 0.649. The zero-order chi connectivity index (χ0) is 5.89. The van der Waals surface area contributed by atoms with Crippen LogP contribution >= 0.6 is 0 Å². The fourth-order valence-electron chi connectivity index (χ4n) is 1.88. The molecule has 0 spiro atoms. The van der Waals surface area contributed by atoms with Crippen LogP contribution in [0.25, 0.3) is 0 Å². The summed E-state index contributed by atoms with van der Waals surface area (Å²) in [5.74, 6) is 0.532. The van der Waals surface area contributed by atoms with Gasteiger partial charge >= 0.3 is 0 Å². The van der Waals surface area contributed by atoms with E-state index in [0.717, 1.165) is 6.04 Å². The van der Waals surface area contributed by atoms with Crippen LogP contribution in [-0.4, -0.2) is 35.2 Å². The summed E-state index contributed by atoms with van der Waals surface area (Å²) in [5.41, 5.74) is 0. The molecule has 2 fully saturated rings. The first-order valence-corrected chi connectivity index (χ1v) is 3.13. The second-order valence-corrected chi connectivity index (χ2v) is 3.00. The molecule has 5 atom stereocenters. The Balaban J connectivity index is 2.08. The van der Waals surface area contributed by atoms with Crippen LogP contribution in [0.1, 0.15) is 6.92 Å². The molecular weight excluding hydrogens is 102 g/mol. The average Bonchev–Trinajstić information content (AvgIpc) is 2.37. The molecule has 0 bridgehead atoms. The Hall–Kier alpha value is -0.0800. The van der Waals surface area contributed by atoms with E-state index in [1.807, 2.05) is 0 Å². The average molecular weight is 113 g/mol. The standard InChI is InChI=1S/C6H11NO/c1-3-4-5(6(3)8)7(4)2/h3-6,8H,1-2H3. The van der Waals surface area contributed by atoms with Gasteiger partial charge in [0, 0.05) is 12.0 Å². The SMILES string of the molecule is CC1C(O)C2C1N2C. The molecule has 2 rings (SSSR count). The van der Waals surface area contributed by atoms with Crippen LogP contribution < -0.4 is 0 Å². The Morgan fingerprint density at radius 2 is 2.00 bits per heavy atom. The third-order valence-electron chi connectivity index (χ3n) is 2.63. The number of aliphatic hydroxyl groups is 1. The number of hydrogen-bond acceptors (Lipinski definition) is 2. The first-order chi connectivity index (χ1) is 3.73. The van der Waals surface area contributed by atoms with Crippen molar-refractivity contribution >= 4 is 0 Å². The second kappa shape index (κ2) is 1.09. The normalized spacial score (nSPS) is 68.6. The predicted molar refractivity (Wildman–Crippen MR) is 30.5 cm³/mol. The molecule has 1 aliphatic heterocycles. The van der Waals surface area contributed by atoms with Crippen LogP contribution in [-0.2, 0) is 0 Å². The van der Waals surface area contributed by atoms with Crippen molar-refractivity contribution in [1.29, 1.82) is 0 Å². The lowest BCUT2D eigenvalue weighted by molar-refractivity contribution is 0.0701. The van der Waals surface area contributed by atoms with E-state index in [4.69, 9.17) is 5.11 Å². The summed E-state index contributed by atoms with van der Waals surface area (Å²) < 4.78 is 0. The fourth-order valence-corrected chi connectivity index (χ4v) is 1.88. The van der Waals surface area contributed by atoms with Crippen LogP contribution in [0.15, 0.2) is 0 Å². The Morgan fingerprint density at radius 1 is 1.38 bits per heavy atom. The molecule has 2 aliphatic rings. The molecule has 0 aromatic rings. The second-order valence-electron chi connectivity index (χ2n) is 3.00. The number of likely N-dealkylation sites (N-methyl/N-ethyl adjacent to an activating group) is 1. The lowest BCUT2D eigenvalue weighted by Crippen LogP contribution is -2.39. The minimum absolute atomic E-state index is 0.0231. The Labute approximate surface area is 49.1 Å². The highest BCUT2D eigenvalue weighted by Gasteiger charge is 2.63. The summed E-state index contributed by atoms with van der Waals surface area (Å²) in [4.78, 5) is 2.23. The fraction of sp³-hybridized carbons (Fsp3) is 1.00. The molecule has 0 amide bonds. The molecule has 2 heteroatoms. The molecular formula is C6H11NO. The van der Waals surface area contributed by atoms with E-state index in [-0.39, 0.29) is 6.10 Å². The third kappa shape index (κ3) is 0.298. The van der Waals surface area contributed by atoms with Gasteiger partial charge in [-0.1, -0.05) is 6.92 Å². The number of fused-ring (bicyclic) bond motifs is 1. The first-order valence-electron chi connectivity index (χ1n) is 3.13. The molecule has 1 N–H and O–H groups in total. The maximum Gasteiger partial charge on any atom is 0.0751 e. The van der Waals surface area contributed by atoms with Crippen molar-refractivity contribution in [3.05, 3.63) is 0 Å². The van der Waals surface area contributed by atoms with E-state index < -0.39 is 0 Å². The molecule has 0 radical (unpaired) electrons. The van der Waals surface area contributed by atoms with Crippen LogP contribution in [0.3, 0.4) is 0 Å². The highest BCUT2D eigenvalue weighted by Crippen LogP contribution is 2.48. The molecule has 5 unspecified atom stereocenters. The molecule has 1 saturated heterocycles. The summed E-state index contributed by atoms with van der Waals surface area (Å²) in [7, 11) is 2.07. The maximum atomic E-state index is 9.16. The molecule has 1 saturated carbocycles. The zero-order valence-corrected chi connectivity index (χ0v) is 5.20. The summed E-state index contributed by atoms with van der Waals surface area (Å²) >= 11 is 0. The third-order valence-corrected chi connectivity index (χ3v) is 2.63. The topological polar surface area (TPSA) is 23.2 Å². The van der Waals surface area contributed by atoms with Gasteiger partial charge in [-0.3, -0.25) is 4.90 Å². The molecule has 2 nitrogen and oxygen atoms in total. The Bertz CT molecular complexity index is 99.7. The number of aliphatic hydroxyl groups excluding tert-OH is 1. The summed E-state index contributed by atoms with van der Waals surface area (Å²) in [6, 6.07) is 1.26. The minimum Gasteiger partial charge on any atom is -0.391 e. The molecule has 8 heavy (non-hydrogen) atoms. The predicted octanol–water partition coefficient (Wildman–Crippen LogP) is -0.320. The van der Waals surface area contributed by atoms with Crippen molar-refractivity contribution in [3.63, 3.8) is 0 Å². The maximum absolute atomic E-state index is 9.16. The number of hydrogen-bond donors (Lipinski definition) is 1. The monoisotopic (exact) mass is 113 g/mol. The molecule has 1 aliphatic carbocycles. The van der Waals surface area contributed by atoms with Crippen LogP contribution in [0.4, 0.5) is 0 Å². The van der Waals surface area contributed by atoms with E-state index >= 15 is 0 Å². The summed E-state index contributed by atoms with van der Waals surface area (Å²) in [6.45, 7) is 2.11. The number of likely N-dealkylation sites (tertiary alicyclic amines) is 1. The summed E-state index contributed by atoms with van der Waals surface area (Å²) in [6.07, 6.45) is -0.0231. The van der Waals surface area contributed by atoms with Gasteiger partial charge in [-0.05, 0) is 7.05 Å². The largest absolute Gasteiger partial charge is 0.391 e. The van der Waals surface area contributed by atoms with E-state index in [9.17, 15) is 0 Å². The number of nitrogens with zero attached hydrogens (tertiary/aromatic N) is 1. The Morgan fingerprint density at radius 3 is 2.12 bits per heavy atom. The van der Waals surface area contributed by atoms with Crippen LogP contribution in [0.2, 0.25) is 0 Å². The van der Waals surface area contributed by atoms with E-state index in [1.54, 1.807) is 0 Å². The van der Waals surface area contributed by atoms with Gasteiger partial charge in [0.2, 0.25) is 0 Å². The van der Waals surface area contributed by atoms with Gasteiger partial charge in [0.25, 0.3) is 0 Å². The minimum atomic E-state index is -0.0231. The van der Waals surface area contributed by atoms with Crippen LogP contribution in [0, 0.1) is 5.92 Å². The quantitative estimate of drug-likeness (QED) is 0.435. The lowest BCUT2D eigenvalue weighted by Gasteiger charge is -2.24. The highest BCUT2D eigenvalue weighted by molar-refractivity contribution is 5.19. The molecule has 46 valence electrons. The number of rotatable bonds is 0. The smallest absolute Gasteiger partial charge is 0.0751 e. The molecule has 0 aromatic heterocycles. The molecule has 0 aromatic carbocycles. The van der Waals surface area contributed by atoms with Crippen LogP contribution in [0.5, 0.6) is 0 Å². The van der Waals surface area contributed by atoms with E-state index in [0.29, 0.717) is 12.0 Å². The van der Waals surface area contributed by atoms with Gasteiger partial charge in [-0.15, -0.1) is 0 Å². The molecule has 1 heterocycles. The van der Waals surface area contributed by atoms with Crippen molar-refractivity contribution in [2.75, 3.05) is 7.05 Å².